The molecule has 0 spiro atoms. The summed E-state index contributed by atoms with van der Waals surface area (Å²) >= 11 is 0. The van der Waals surface area contributed by atoms with Gasteiger partial charge in [0, 0.05) is 38.4 Å². The Balaban J connectivity index is 1.59. The van der Waals surface area contributed by atoms with Crippen molar-refractivity contribution in [1.29, 1.82) is 0 Å². The lowest BCUT2D eigenvalue weighted by molar-refractivity contribution is 0.194. The largest absolute Gasteiger partial charge is 0.496 e. The summed E-state index contributed by atoms with van der Waals surface area (Å²) in [5, 5.41) is 4.74. The van der Waals surface area contributed by atoms with Crippen LogP contribution in [-0.4, -0.2) is 52.0 Å². The van der Waals surface area contributed by atoms with E-state index in [-0.39, 0.29) is 0 Å². The molecule has 0 aliphatic carbocycles. The van der Waals surface area contributed by atoms with E-state index < -0.39 is 0 Å². The lowest BCUT2D eigenvalue weighted by atomic mass is 9.94. The Labute approximate surface area is 158 Å². The maximum absolute atomic E-state index is 5.56. The molecule has 7 nitrogen and oxygen atoms in total. The summed E-state index contributed by atoms with van der Waals surface area (Å²) in [4.78, 5) is 11.4. The molecule has 2 aromatic heterocycles. The molecule has 27 heavy (non-hydrogen) atoms. The first-order valence-corrected chi connectivity index (χ1v) is 9.27. The fraction of sp³-hybridized carbons (Fsp3) is 0.450. The van der Waals surface area contributed by atoms with Gasteiger partial charge in [-0.15, -0.1) is 0 Å². The molecule has 1 aromatic carbocycles. The number of nitrogens with zero attached hydrogens (tertiary/aromatic N) is 5. The van der Waals surface area contributed by atoms with Crippen LogP contribution in [0.5, 0.6) is 11.5 Å². The molecule has 3 aromatic rings. The number of likely N-dealkylation sites (tertiary alicyclic amines) is 1. The Morgan fingerprint density at radius 3 is 2.59 bits per heavy atom. The van der Waals surface area contributed by atoms with Gasteiger partial charge in [0.05, 0.1) is 25.5 Å². The fourth-order valence-electron chi connectivity index (χ4n) is 4.01. The van der Waals surface area contributed by atoms with Crippen molar-refractivity contribution in [3.05, 3.63) is 41.9 Å². The predicted molar refractivity (Wildman–Crippen MR) is 103 cm³/mol. The van der Waals surface area contributed by atoms with E-state index in [2.05, 4.69) is 14.9 Å². The van der Waals surface area contributed by atoms with Crippen LogP contribution in [0, 0.1) is 0 Å². The molecular formula is C20H25N5O2. The van der Waals surface area contributed by atoms with Gasteiger partial charge in [-0.25, -0.2) is 14.6 Å². The summed E-state index contributed by atoms with van der Waals surface area (Å²) in [7, 11) is 5.34. The third-order valence-corrected chi connectivity index (χ3v) is 5.29. The highest BCUT2D eigenvalue weighted by Gasteiger charge is 2.27. The summed E-state index contributed by atoms with van der Waals surface area (Å²) in [5.41, 5.74) is 3.91. The number of hydrogen-bond donors (Lipinski definition) is 0. The van der Waals surface area contributed by atoms with Crippen LogP contribution in [0.25, 0.3) is 11.2 Å². The molecule has 1 fully saturated rings. The van der Waals surface area contributed by atoms with Crippen LogP contribution in [0.4, 0.5) is 0 Å². The third kappa shape index (κ3) is 3.35. The summed E-state index contributed by atoms with van der Waals surface area (Å²) in [5.74, 6) is 2.08. The van der Waals surface area contributed by atoms with Gasteiger partial charge in [0.15, 0.2) is 5.65 Å². The van der Waals surface area contributed by atoms with Crippen LogP contribution in [0.15, 0.2) is 30.6 Å². The number of hydrogen-bond acceptors (Lipinski definition) is 6. The van der Waals surface area contributed by atoms with Gasteiger partial charge >= 0.3 is 0 Å². The summed E-state index contributed by atoms with van der Waals surface area (Å²) in [6.45, 7) is 2.78. The fourth-order valence-corrected chi connectivity index (χ4v) is 4.01. The van der Waals surface area contributed by atoms with E-state index in [9.17, 15) is 0 Å². The Bertz CT molecular complexity index is 917. The summed E-state index contributed by atoms with van der Waals surface area (Å²) in [6.07, 6.45) is 5.70. The molecule has 0 amide bonds. The maximum atomic E-state index is 5.56. The first-order chi connectivity index (χ1) is 13.2. The number of fused-ring (bicyclic) bond motifs is 1. The van der Waals surface area contributed by atoms with Crippen LogP contribution < -0.4 is 9.47 Å². The van der Waals surface area contributed by atoms with E-state index in [4.69, 9.17) is 14.6 Å². The average molecular weight is 367 g/mol. The van der Waals surface area contributed by atoms with Gasteiger partial charge in [0.25, 0.3) is 0 Å². The van der Waals surface area contributed by atoms with Crippen molar-refractivity contribution in [2.24, 2.45) is 7.05 Å². The Morgan fingerprint density at radius 1 is 1.11 bits per heavy atom. The molecule has 3 heterocycles. The van der Waals surface area contributed by atoms with Gasteiger partial charge in [0.1, 0.15) is 17.0 Å². The van der Waals surface area contributed by atoms with Gasteiger partial charge in [0.2, 0.25) is 0 Å². The number of ether oxygens (including phenoxy) is 2. The second kappa shape index (κ2) is 7.52. The van der Waals surface area contributed by atoms with Crippen molar-refractivity contribution < 1.29 is 9.47 Å². The smallest absolute Gasteiger partial charge is 0.176 e. The van der Waals surface area contributed by atoms with E-state index in [1.807, 2.05) is 29.9 Å². The van der Waals surface area contributed by atoms with Crippen molar-refractivity contribution in [3.63, 3.8) is 0 Å². The third-order valence-electron chi connectivity index (χ3n) is 5.29. The zero-order chi connectivity index (χ0) is 18.8. The first kappa shape index (κ1) is 17.7. The van der Waals surface area contributed by atoms with Crippen LogP contribution in [-0.2, 0) is 13.6 Å². The van der Waals surface area contributed by atoms with Crippen LogP contribution in [0.1, 0.15) is 30.0 Å². The van der Waals surface area contributed by atoms with Crippen molar-refractivity contribution in [3.8, 4) is 11.5 Å². The van der Waals surface area contributed by atoms with E-state index in [0.29, 0.717) is 5.92 Å². The standard InChI is InChI=1S/C20H25N5O2/c1-24-20-19(21-9-10-22-20)18(23-24)14-6-5-11-25(12-14)13-15-16(26-2)7-4-8-17(15)27-3/h4,7-10,14H,5-6,11-13H2,1-3H3/t14-/m0/s1. The van der Waals surface area contributed by atoms with Crippen molar-refractivity contribution in [2.45, 2.75) is 25.3 Å². The average Bonchev–Trinajstić information content (AvgIpc) is 3.05. The minimum absolute atomic E-state index is 0.347. The Morgan fingerprint density at radius 2 is 1.85 bits per heavy atom. The monoisotopic (exact) mass is 367 g/mol. The minimum Gasteiger partial charge on any atom is -0.496 e. The quantitative estimate of drug-likeness (QED) is 0.691. The van der Waals surface area contributed by atoms with Gasteiger partial charge in [-0.1, -0.05) is 6.07 Å². The van der Waals surface area contributed by atoms with Crippen molar-refractivity contribution in [1.82, 2.24) is 24.6 Å². The maximum Gasteiger partial charge on any atom is 0.176 e. The van der Waals surface area contributed by atoms with Gasteiger partial charge in [-0.05, 0) is 31.5 Å². The molecule has 1 aliphatic rings. The summed E-state index contributed by atoms with van der Waals surface area (Å²) < 4.78 is 13.0. The second-order valence-corrected chi connectivity index (χ2v) is 6.95. The molecule has 0 N–H and O–H groups in total. The molecule has 7 heteroatoms. The zero-order valence-corrected chi connectivity index (χ0v) is 16.1. The molecule has 0 saturated carbocycles. The van der Waals surface area contributed by atoms with Gasteiger partial charge in [-0.2, -0.15) is 5.10 Å². The second-order valence-electron chi connectivity index (χ2n) is 6.95. The normalized spacial score (nSPS) is 18.0. The predicted octanol–water partition coefficient (Wildman–Crippen LogP) is 2.76. The molecule has 4 rings (SSSR count). The van der Waals surface area contributed by atoms with E-state index in [1.54, 1.807) is 26.6 Å². The highest BCUT2D eigenvalue weighted by Crippen LogP contribution is 2.34. The van der Waals surface area contributed by atoms with Gasteiger partial charge in [-0.3, -0.25) is 4.90 Å². The number of benzene rings is 1. The molecule has 0 unspecified atom stereocenters. The number of methoxy groups -OCH3 is 2. The van der Waals surface area contributed by atoms with Crippen molar-refractivity contribution in [2.75, 3.05) is 27.3 Å². The molecule has 0 radical (unpaired) electrons. The van der Waals surface area contributed by atoms with Gasteiger partial charge < -0.3 is 9.47 Å². The van der Waals surface area contributed by atoms with Crippen LogP contribution in [0.2, 0.25) is 0 Å². The lowest BCUT2D eigenvalue weighted by Gasteiger charge is -2.32. The minimum atomic E-state index is 0.347. The van der Waals surface area contributed by atoms with Crippen LogP contribution in [0.3, 0.4) is 0 Å². The van der Waals surface area contributed by atoms with Crippen molar-refractivity contribution >= 4 is 11.2 Å². The molecule has 1 aliphatic heterocycles. The lowest BCUT2D eigenvalue weighted by Crippen LogP contribution is -2.34. The zero-order valence-electron chi connectivity index (χ0n) is 16.1. The number of rotatable bonds is 5. The first-order valence-electron chi connectivity index (χ1n) is 9.27. The molecule has 1 atom stereocenters. The van der Waals surface area contributed by atoms with E-state index >= 15 is 0 Å². The van der Waals surface area contributed by atoms with E-state index in [0.717, 1.165) is 66.4 Å². The Hall–Kier alpha value is -2.67. The topological polar surface area (TPSA) is 65.3 Å². The highest BCUT2D eigenvalue weighted by molar-refractivity contribution is 5.73. The number of piperidine rings is 1. The van der Waals surface area contributed by atoms with Crippen LogP contribution >= 0.6 is 0 Å². The number of aryl methyl sites for hydroxylation is 1. The Kier molecular flexibility index (Phi) is 4.94. The molecule has 1 saturated heterocycles. The number of aromatic nitrogens is 4. The highest BCUT2D eigenvalue weighted by atomic mass is 16.5. The summed E-state index contributed by atoms with van der Waals surface area (Å²) in [6, 6.07) is 5.93. The molecular weight excluding hydrogens is 342 g/mol. The molecule has 0 bridgehead atoms. The van der Waals surface area contributed by atoms with E-state index in [1.165, 1.54) is 0 Å². The SMILES string of the molecule is COc1cccc(OC)c1CN1CCC[C@H](c2nn(C)c3nccnc23)C1. The molecule has 142 valence electrons.